The van der Waals surface area contributed by atoms with Crippen LogP contribution < -0.4 is 5.32 Å². The smallest absolute Gasteiger partial charge is 0.321 e. The second-order valence-electron chi connectivity index (χ2n) is 5.37. The zero-order valence-electron chi connectivity index (χ0n) is 11.5. The molecule has 5 nitrogen and oxygen atoms in total. The molecule has 1 aliphatic rings. The van der Waals surface area contributed by atoms with Gasteiger partial charge in [-0.05, 0) is 30.5 Å². The number of benzene rings is 1. The molecule has 1 aliphatic heterocycles. The lowest BCUT2D eigenvalue weighted by Gasteiger charge is -2.34. The summed E-state index contributed by atoms with van der Waals surface area (Å²) in [6.07, 6.45) is 0.585. The van der Waals surface area contributed by atoms with Gasteiger partial charge in [0.05, 0.1) is 5.92 Å². The zero-order chi connectivity index (χ0) is 15.6. The van der Waals surface area contributed by atoms with E-state index in [1.165, 1.54) is 4.90 Å². The number of aliphatic carboxylic acids is 1. The Morgan fingerprint density at radius 2 is 1.86 bits per heavy atom. The maximum Gasteiger partial charge on any atom is 0.321 e. The molecule has 2 atom stereocenters. The largest absolute Gasteiger partial charge is 0.481 e. The number of nitrogens with one attached hydrogen (secondary N) is 1. The highest BCUT2D eigenvalue weighted by atomic mass is 35.5. The van der Waals surface area contributed by atoms with Crippen molar-refractivity contribution in [2.75, 3.05) is 18.4 Å². The third-order valence-corrected chi connectivity index (χ3v) is 3.85. The Morgan fingerprint density at radius 1 is 1.24 bits per heavy atom. The molecular weight excluding hydrogens is 315 g/mol. The third kappa shape index (κ3) is 4.25. The van der Waals surface area contributed by atoms with Gasteiger partial charge < -0.3 is 15.3 Å². The molecule has 2 rings (SSSR count). The standard InChI is InChI=1S/C14H16Cl2N2O3/c1-8-2-9(13(19)20)7-18(6-8)14(21)17-12-4-10(15)3-11(16)5-12/h3-5,8-9H,2,6-7H2,1H3,(H,17,21)(H,19,20). The van der Waals surface area contributed by atoms with E-state index in [2.05, 4.69) is 5.32 Å². The molecule has 21 heavy (non-hydrogen) atoms. The molecule has 0 spiro atoms. The van der Waals surface area contributed by atoms with Crippen LogP contribution in [0.25, 0.3) is 0 Å². The minimum atomic E-state index is -0.870. The van der Waals surface area contributed by atoms with E-state index in [4.69, 9.17) is 28.3 Å². The van der Waals surface area contributed by atoms with E-state index in [9.17, 15) is 9.59 Å². The molecule has 1 saturated heterocycles. The molecule has 7 heteroatoms. The summed E-state index contributed by atoms with van der Waals surface area (Å²) in [5.74, 6) is -1.25. The lowest BCUT2D eigenvalue weighted by atomic mass is 9.91. The van der Waals surface area contributed by atoms with Crippen LogP contribution in [0.5, 0.6) is 0 Å². The Hall–Kier alpha value is -1.46. The summed E-state index contributed by atoms with van der Waals surface area (Å²) >= 11 is 11.8. The predicted octanol–water partition coefficient (Wildman–Crippen LogP) is 3.57. The fourth-order valence-corrected chi connectivity index (χ4v) is 3.05. The Balaban J connectivity index is 2.06. The van der Waals surface area contributed by atoms with Crippen LogP contribution in [0, 0.1) is 11.8 Å². The molecule has 2 amide bonds. The first kappa shape index (κ1) is 15.9. The first-order valence-corrected chi connectivity index (χ1v) is 7.35. The number of amides is 2. The minimum absolute atomic E-state index is 0.147. The van der Waals surface area contributed by atoms with Gasteiger partial charge in [0.15, 0.2) is 0 Å². The fraction of sp³-hybridized carbons (Fsp3) is 0.429. The van der Waals surface area contributed by atoms with Gasteiger partial charge in [0.1, 0.15) is 0 Å². The summed E-state index contributed by atoms with van der Waals surface area (Å²) in [5.41, 5.74) is 0.489. The number of carbonyl (C=O) groups is 2. The Labute approximate surface area is 132 Å². The molecule has 1 heterocycles. The summed E-state index contributed by atoms with van der Waals surface area (Å²) in [6, 6.07) is 4.41. The van der Waals surface area contributed by atoms with Crippen molar-refractivity contribution in [2.45, 2.75) is 13.3 Å². The van der Waals surface area contributed by atoms with Crippen LogP contribution in [0.2, 0.25) is 10.0 Å². The number of nitrogens with zero attached hydrogens (tertiary/aromatic N) is 1. The number of piperidine rings is 1. The highest BCUT2D eigenvalue weighted by Gasteiger charge is 2.31. The first-order chi connectivity index (χ1) is 9.85. The molecule has 1 aromatic carbocycles. The van der Waals surface area contributed by atoms with E-state index in [-0.39, 0.29) is 18.5 Å². The monoisotopic (exact) mass is 330 g/mol. The van der Waals surface area contributed by atoms with Gasteiger partial charge in [0, 0.05) is 28.8 Å². The summed E-state index contributed by atoms with van der Waals surface area (Å²) in [7, 11) is 0. The van der Waals surface area contributed by atoms with Gasteiger partial charge >= 0.3 is 12.0 Å². The lowest BCUT2D eigenvalue weighted by Crippen LogP contribution is -2.47. The number of halogens is 2. The van der Waals surface area contributed by atoms with Crippen molar-refractivity contribution >= 4 is 40.9 Å². The van der Waals surface area contributed by atoms with E-state index in [1.54, 1.807) is 18.2 Å². The number of rotatable bonds is 2. The number of likely N-dealkylation sites (tertiary alicyclic amines) is 1. The number of urea groups is 1. The molecule has 1 fully saturated rings. The van der Waals surface area contributed by atoms with Crippen molar-refractivity contribution in [1.82, 2.24) is 4.90 Å². The summed E-state index contributed by atoms with van der Waals surface area (Å²) in [6.45, 7) is 2.68. The van der Waals surface area contributed by atoms with Crippen molar-refractivity contribution in [2.24, 2.45) is 11.8 Å². The van der Waals surface area contributed by atoms with E-state index < -0.39 is 11.9 Å². The maximum atomic E-state index is 12.2. The van der Waals surface area contributed by atoms with Crippen molar-refractivity contribution in [3.05, 3.63) is 28.2 Å². The fourth-order valence-electron chi connectivity index (χ4n) is 2.52. The van der Waals surface area contributed by atoms with Crippen LogP contribution in [0.15, 0.2) is 18.2 Å². The Kier molecular flexibility index (Phi) is 4.96. The summed E-state index contributed by atoms with van der Waals surface area (Å²) in [5, 5.41) is 12.7. The first-order valence-electron chi connectivity index (χ1n) is 6.60. The average molecular weight is 331 g/mol. The van der Waals surface area contributed by atoms with E-state index >= 15 is 0 Å². The van der Waals surface area contributed by atoms with E-state index in [1.807, 2.05) is 6.92 Å². The quantitative estimate of drug-likeness (QED) is 0.870. The van der Waals surface area contributed by atoms with Gasteiger partial charge in [-0.1, -0.05) is 30.1 Å². The minimum Gasteiger partial charge on any atom is -0.481 e. The zero-order valence-corrected chi connectivity index (χ0v) is 13.0. The summed E-state index contributed by atoms with van der Waals surface area (Å²) in [4.78, 5) is 24.9. The molecule has 2 N–H and O–H groups in total. The van der Waals surface area contributed by atoms with Crippen LogP contribution in [-0.2, 0) is 4.79 Å². The molecule has 2 unspecified atom stereocenters. The maximum absolute atomic E-state index is 12.2. The van der Waals surface area contributed by atoms with Crippen LogP contribution in [-0.4, -0.2) is 35.1 Å². The molecule has 0 radical (unpaired) electrons. The van der Waals surface area contributed by atoms with Gasteiger partial charge in [-0.3, -0.25) is 4.79 Å². The van der Waals surface area contributed by atoms with Gasteiger partial charge in [-0.2, -0.15) is 0 Å². The second kappa shape index (κ2) is 6.54. The van der Waals surface area contributed by atoms with Crippen LogP contribution in [0.1, 0.15) is 13.3 Å². The number of hydrogen-bond acceptors (Lipinski definition) is 2. The molecular formula is C14H16Cl2N2O3. The van der Waals surface area contributed by atoms with Crippen LogP contribution in [0.3, 0.4) is 0 Å². The van der Waals surface area contributed by atoms with Gasteiger partial charge in [-0.25, -0.2) is 4.79 Å². The number of anilines is 1. The average Bonchev–Trinajstić information content (AvgIpc) is 2.36. The lowest BCUT2D eigenvalue weighted by molar-refractivity contribution is -0.143. The van der Waals surface area contributed by atoms with Crippen molar-refractivity contribution in [3.63, 3.8) is 0 Å². The summed E-state index contributed by atoms with van der Waals surface area (Å²) < 4.78 is 0. The molecule has 0 aliphatic carbocycles. The van der Waals surface area contributed by atoms with Crippen molar-refractivity contribution < 1.29 is 14.7 Å². The normalized spacial score (nSPS) is 22.0. The Bertz CT molecular complexity index is 545. The van der Waals surface area contributed by atoms with Crippen LogP contribution >= 0.6 is 23.2 Å². The predicted molar refractivity (Wildman–Crippen MR) is 82.0 cm³/mol. The highest BCUT2D eigenvalue weighted by molar-refractivity contribution is 6.35. The van der Waals surface area contributed by atoms with Gasteiger partial charge in [0.25, 0.3) is 0 Å². The van der Waals surface area contributed by atoms with Crippen molar-refractivity contribution in [3.8, 4) is 0 Å². The topological polar surface area (TPSA) is 69.6 Å². The molecule has 0 saturated carbocycles. The van der Waals surface area contributed by atoms with Crippen molar-refractivity contribution in [1.29, 1.82) is 0 Å². The number of hydrogen-bond donors (Lipinski definition) is 2. The van der Waals surface area contributed by atoms with Gasteiger partial charge in [-0.15, -0.1) is 0 Å². The molecule has 1 aromatic rings. The number of carboxylic acid groups (broad SMARTS) is 1. The third-order valence-electron chi connectivity index (χ3n) is 3.41. The van der Waals surface area contributed by atoms with E-state index in [0.29, 0.717) is 28.7 Å². The SMILES string of the molecule is CC1CC(C(=O)O)CN(C(=O)Nc2cc(Cl)cc(Cl)c2)C1. The number of carbonyl (C=O) groups excluding carboxylic acids is 1. The second-order valence-corrected chi connectivity index (χ2v) is 6.24. The van der Waals surface area contributed by atoms with Crippen LogP contribution in [0.4, 0.5) is 10.5 Å². The van der Waals surface area contributed by atoms with Gasteiger partial charge in [0.2, 0.25) is 0 Å². The highest BCUT2D eigenvalue weighted by Crippen LogP contribution is 2.25. The number of carboxylic acids is 1. The molecule has 114 valence electrons. The Morgan fingerprint density at radius 3 is 2.43 bits per heavy atom. The molecule has 0 aromatic heterocycles. The van der Waals surface area contributed by atoms with E-state index in [0.717, 1.165) is 0 Å². The molecule has 0 bridgehead atoms.